The van der Waals surface area contributed by atoms with E-state index in [9.17, 15) is 18.0 Å². The van der Waals surface area contributed by atoms with Crippen LogP contribution in [0.3, 0.4) is 0 Å². The van der Waals surface area contributed by atoms with Crippen LogP contribution in [0, 0.1) is 0 Å². The van der Waals surface area contributed by atoms with E-state index < -0.39 is 17.6 Å². The van der Waals surface area contributed by atoms with Crippen molar-refractivity contribution < 1.29 is 27.4 Å². The minimum absolute atomic E-state index is 0.189. The highest BCUT2D eigenvalue weighted by Crippen LogP contribution is 2.37. The highest BCUT2D eigenvalue weighted by molar-refractivity contribution is 7.13. The van der Waals surface area contributed by atoms with Crippen LogP contribution in [0.1, 0.15) is 34.5 Å². The molecule has 6 heterocycles. The minimum atomic E-state index is -4.65. The van der Waals surface area contributed by atoms with E-state index in [0.717, 1.165) is 35.1 Å². The Morgan fingerprint density at radius 1 is 1.20 bits per heavy atom. The molecule has 9 nitrogen and oxygen atoms in total. The standard InChI is InChI=1S/C27H27F3N6O3S/c1-35-9-4-17(5-10-35)38-25-19(27(28,29)30)12-16(14-33-25)13-23(37)36-11-6-22-20(15-36)34-26(40-22)39-21-3-8-32-24-18(21)2-7-31-24/h2-3,7-8,12,14,17H,4-6,9-11,13,15H2,1H3,(H,31,32). The third-order valence-electron chi connectivity index (χ3n) is 7.19. The van der Waals surface area contributed by atoms with Crippen molar-refractivity contribution in [1.82, 2.24) is 29.7 Å². The largest absolute Gasteiger partial charge is 0.474 e. The van der Waals surface area contributed by atoms with Gasteiger partial charge >= 0.3 is 6.18 Å². The number of thiazole rings is 1. The fourth-order valence-electron chi connectivity index (χ4n) is 4.99. The number of carbonyl (C=O) groups is 1. The molecule has 0 atom stereocenters. The number of nitrogens with zero attached hydrogens (tertiary/aromatic N) is 5. The summed E-state index contributed by atoms with van der Waals surface area (Å²) in [6, 6.07) is 4.62. The second-order valence-corrected chi connectivity index (χ2v) is 11.1. The molecule has 1 saturated heterocycles. The van der Waals surface area contributed by atoms with E-state index in [0.29, 0.717) is 42.4 Å². The zero-order valence-corrected chi connectivity index (χ0v) is 22.5. The third kappa shape index (κ3) is 5.61. The van der Waals surface area contributed by atoms with E-state index >= 15 is 0 Å². The van der Waals surface area contributed by atoms with Crippen LogP contribution in [0.2, 0.25) is 0 Å². The normalized spacial score (nSPS) is 16.8. The van der Waals surface area contributed by atoms with Gasteiger partial charge in [0, 0.05) is 55.6 Å². The molecule has 2 aliphatic rings. The lowest BCUT2D eigenvalue weighted by molar-refractivity contribution is -0.140. The monoisotopic (exact) mass is 572 g/mol. The van der Waals surface area contributed by atoms with E-state index in [4.69, 9.17) is 9.47 Å². The van der Waals surface area contributed by atoms with Gasteiger partial charge in [-0.3, -0.25) is 4.79 Å². The molecule has 0 aliphatic carbocycles. The number of likely N-dealkylation sites (tertiary alicyclic amines) is 1. The van der Waals surface area contributed by atoms with Crippen LogP contribution in [-0.2, 0) is 30.4 Å². The molecular formula is C27H27F3N6O3S. The molecule has 1 N–H and O–H groups in total. The van der Waals surface area contributed by atoms with Crippen molar-refractivity contribution in [2.24, 2.45) is 0 Å². The van der Waals surface area contributed by atoms with Crippen LogP contribution in [0.5, 0.6) is 16.8 Å². The predicted octanol–water partition coefficient (Wildman–Crippen LogP) is 4.83. The van der Waals surface area contributed by atoms with Crippen LogP contribution in [0.25, 0.3) is 11.0 Å². The Kier molecular flexibility index (Phi) is 7.09. The molecule has 6 rings (SSSR count). The summed E-state index contributed by atoms with van der Waals surface area (Å²) in [6.07, 6.45) is 1.42. The molecule has 0 unspecified atom stereocenters. The van der Waals surface area contributed by atoms with Gasteiger partial charge in [-0.15, -0.1) is 0 Å². The molecular weight excluding hydrogens is 545 g/mol. The van der Waals surface area contributed by atoms with Crippen molar-refractivity contribution in [3.05, 3.63) is 58.5 Å². The lowest BCUT2D eigenvalue weighted by Crippen LogP contribution is -2.37. The zero-order chi connectivity index (χ0) is 27.9. The SMILES string of the molecule is CN1CCC(Oc2ncc(CC(=O)N3CCc4sc(Oc5ccnc6[nH]ccc56)nc4C3)cc2C(F)(F)F)CC1. The average molecular weight is 573 g/mol. The number of hydrogen-bond acceptors (Lipinski definition) is 8. The lowest BCUT2D eigenvalue weighted by Gasteiger charge is -2.29. The Labute approximate surface area is 232 Å². The summed E-state index contributed by atoms with van der Waals surface area (Å²) in [4.78, 5) is 33.7. The van der Waals surface area contributed by atoms with Gasteiger partial charge in [0.1, 0.15) is 23.1 Å². The number of carbonyl (C=O) groups excluding carboxylic acids is 1. The fraction of sp³-hybridized carbons (Fsp3) is 0.407. The molecule has 4 aromatic rings. The summed E-state index contributed by atoms with van der Waals surface area (Å²) >= 11 is 1.43. The van der Waals surface area contributed by atoms with Gasteiger partial charge in [-0.1, -0.05) is 11.3 Å². The number of amides is 1. The number of H-pyrrole nitrogens is 1. The van der Waals surface area contributed by atoms with Gasteiger partial charge in [0.25, 0.3) is 5.19 Å². The number of hydrogen-bond donors (Lipinski definition) is 1. The van der Waals surface area contributed by atoms with Gasteiger partial charge in [0.2, 0.25) is 11.8 Å². The highest BCUT2D eigenvalue weighted by Gasteiger charge is 2.37. The average Bonchev–Trinajstić information content (AvgIpc) is 3.57. The first-order chi connectivity index (χ1) is 19.2. The third-order valence-corrected chi connectivity index (χ3v) is 8.23. The van der Waals surface area contributed by atoms with Crippen molar-refractivity contribution in [2.45, 2.75) is 44.5 Å². The first-order valence-corrected chi connectivity index (χ1v) is 13.8. The number of aromatic nitrogens is 4. The summed E-state index contributed by atoms with van der Waals surface area (Å²) in [5.41, 5.74) is 0.677. The van der Waals surface area contributed by atoms with Crippen molar-refractivity contribution in [3.8, 4) is 16.8 Å². The van der Waals surface area contributed by atoms with Gasteiger partial charge in [-0.2, -0.15) is 13.2 Å². The van der Waals surface area contributed by atoms with Crippen molar-refractivity contribution >= 4 is 28.3 Å². The summed E-state index contributed by atoms with van der Waals surface area (Å²) in [5, 5.41) is 1.30. The number of halogens is 3. The summed E-state index contributed by atoms with van der Waals surface area (Å²) in [7, 11) is 1.97. The number of alkyl halides is 3. The molecule has 0 spiro atoms. The Balaban J connectivity index is 1.13. The van der Waals surface area contributed by atoms with Gasteiger partial charge in [-0.25, -0.2) is 15.0 Å². The van der Waals surface area contributed by atoms with Crippen LogP contribution >= 0.6 is 11.3 Å². The van der Waals surface area contributed by atoms with Crippen molar-refractivity contribution in [1.29, 1.82) is 0 Å². The van der Waals surface area contributed by atoms with Crippen LogP contribution in [0.4, 0.5) is 13.2 Å². The van der Waals surface area contributed by atoms with Crippen molar-refractivity contribution in [2.75, 3.05) is 26.7 Å². The van der Waals surface area contributed by atoms with Crippen molar-refractivity contribution in [3.63, 3.8) is 0 Å². The number of piperidine rings is 1. The number of ether oxygens (including phenoxy) is 2. The van der Waals surface area contributed by atoms with E-state index in [1.54, 1.807) is 23.4 Å². The van der Waals surface area contributed by atoms with E-state index in [2.05, 4.69) is 24.8 Å². The van der Waals surface area contributed by atoms with E-state index in [-0.39, 0.29) is 30.5 Å². The fourth-order valence-corrected chi connectivity index (χ4v) is 5.91. The molecule has 2 aliphatic heterocycles. The minimum Gasteiger partial charge on any atom is -0.474 e. The predicted molar refractivity (Wildman–Crippen MR) is 141 cm³/mol. The highest BCUT2D eigenvalue weighted by atomic mass is 32.1. The maximum atomic E-state index is 13.9. The Hall–Kier alpha value is -3.71. The van der Waals surface area contributed by atoms with Crippen LogP contribution in [0.15, 0.2) is 36.8 Å². The zero-order valence-electron chi connectivity index (χ0n) is 21.7. The number of pyridine rings is 2. The molecule has 4 aromatic heterocycles. The molecule has 210 valence electrons. The molecule has 1 amide bonds. The topological polar surface area (TPSA) is 96.5 Å². The van der Waals surface area contributed by atoms with E-state index in [1.165, 1.54) is 17.5 Å². The summed E-state index contributed by atoms with van der Waals surface area (Å²) < 4.78 is 53.3. The number of fused-ring (bicyclic) bond motifs is 2. The van der Waals surface area contributed by atoms with Crippen LogP contribution < -0.4 is 9.47 Å². The Morgan fingerprint density at radius 3 is 2.83 bits per heavy atom. The molecule has 0 radical (unpaired) electrons. The molecule has 0 bridgehead atoms. The molecule has 1 fully saturated rings. The number of nitrogens with one attached hydrogen (secondary N) is 1. The number of aromatic amines is 1. The van der Waals surface area contributed by atoms with Gasteiger partial charge < -0.3 is 24.3 Å². The second-order valence-electron chi connectivity index (χ2n) is 10.1. The Bertz CT molecular complexity index is 1530. The molecule has 13 heteroatoms. The summed E-state index contributed by atoms with van der Waals surface area (Å²) in [6.45, 7) is 2.22. The quantitative estimate of drug-likeness (QED) is 0.354. The first-order valence-electron chi connectivity index (χ1n) is 13.0. The smallest absolute Gasteiger partial charge is 0.421 e. The van der Waals surface area contributed by atoms with Gasteiger partial charge in [-0.05, 0) is 37.6 Å². The maximum Gasteiger partial charge on any atom is 0.421 e. The second kappa shape index (κ2) is 10.7. The molecule has 0 aromatic carbocycles. The Morgan fingerprint density at radius 2 is 2.02 bits per heavy atom. The number of rotatable bonds is 6. The maximum absolute atomic E-state index is 13.9. The van der Waals surface area contributed by atoms with Crippen LogP contribution in [-0.4, -0.2) is 68.4 Å². The lowest BCUT2D eigenvalue weighted by atomic mass is 10.1. The van der Waals surface area contributed by atoms with Gasteiger partial charge in [0.05, 0.1) is 24.0 Å². The summed E-state index contributed by atoms with van der Waals surface area (Å²) in [5.74, 6) is -0.0910. The van der Waals surface area contributed by atoms with Gasteiger partial charge in [0.15, 0.2) is 0 Å². The van der Waals surface area contributed by atoms with E-state index in [1.807, 2.05) is 13.1 Å². The molecule has 0 saturated carbocycles. The molecule has 40 heavy (non-hydrogen) atoms. The first kappa shape index (κ1) is 26.5.